The van der Waals surface area contributed by atoms with Crippen LogP contribution in [-0.2, 0) is 32.0 Å². The van der Waals surface area contributed by atoms with E-state index in [1.165, 1.54) is 40.0 Å². The number of aliphatic hydroxyl groups is 3. The summed E-state index contributed by atoms with van der Waals surface area (Å²) in [6.07, 6.45) is -7.82. The van der Waals surface area contributed by atoms with Crippen LogP contribution in [0.4, 0.5) is 5.82 Å². The standard InChI is InChI=1S/C22H30N7O15P3/c23-18-13-20(26-8-25-18)29(9-27-13)22-17(43-45(34)35)15(31)11(41-22)3-5-46(36,37)44-47(38,39)40-7-12-14(30)16(32)21(42-12)28-4-1-2-10(6-28)19(24)33/h1-2,4,6,8-9,11-12,14-17,21-22,30-32,34-35H,3,5,7H2,(H5-,23,24,25,26,33,36,37,38,39)/p+1/t11-,12-,14-,15-,16-,17-,21-,22-/m1/s1. The van der Waals surface area contributed by atoms with Crippen LogP contribution in [0.15, 0.2) is 37.2 Å². The minimum absolute atomic E-state index is 0.0285. The second-order valence-electron chi connectivity index (χ2n) is 10.4. The normalized spacial score (nSPS) is 30.5. The highest BCUT2D eigenvalue weighted by molar-refractivity contribution is 7.64. The van der Waals surface area contributed by atoms with Crippen molar-refractivity contribution in [3.05, 3.63) is 42.7 Å². The molecule has 3 aromatic rings. The Kier molecular flexibility index (Phi) is 10.7. The van der Waals surface area contributed by atoms with E-state index in [1.54, 1.807) is 0 Å². The topological polar surface area (TPSA) is 338 Å². The molecule has 25 heteroatoms. The van der Waals surface area contributed by atoms with Gasteiger partial charge in [-0.2, -0.15) is 4.57 Å². The lowest BCUT2D eigenvalue weighted by Crippen LogP contribution is -2.46. The van der Waals surface area contributed by atoms with Crippen molar-refractivity contribution < 1.29 is 76.2 Å². The number of amides is 1. The van der Waals surface area contributed by atoms with E-state index in [2.05, 4.69) is 19.3 Å². The largest absolute Gasteiger partial charge is 0.479 e. The second kappa shape index (κ2) is 14.1. The number of nitrogens with two attached hydrogens (primary N) is 2. The van der Waals surface area contributed by atoms with Gasteiger partial charge in [0, 0.05) is 6.07 Å². The Morgan fingerprint density at radius 3 is 2.53 bits per heavy atom. The zero-order valence-corrected chi connectivity index (χ0v) is 26.5. The molecule has 0 radical (unpaired) electrons. The van der Waals surface area contributed by atoms with Gasteiger partial charge in [0.15, 0.2) is 36.2 Å². The lowest BCUT2D eigenvalue weighted by atomic mass is 10.1. The number of fused-ring (bicyclic) bond motifs is 1. The maximum absolute atomic E-state index is 12.8. The van der Waals surface area contributed by atoms with E-state index >= 15 is 0 Å². The fourth-order valence-corrected chi connectivity index (χ4v) is 8.22. The Hall–Kier alpha value is -2.62. The molecule has 2 fully saturated rings. The van der Waals surface area contributed by atoms with Crippen molar-refractivity contribution in [3.63, 3.8) is 0 Å². The minimum atomic E-state index is -5.30. The molecular formula is C22H31N7O15P3+. The van der Waals surface area contributed by atoms with E-state index in [-0.39, 0.29) is 22.5 Å². The van der Waals surface area contributed by atoms with Crippen molar-refractivity contribution in [3.8, 4) is 0 Å². The number of aromatic nitrogens is 5. The molecule has 0 aliphatic carbocycles. The van der Waals surface area contributed by atoms with Crippen LogP contribution in [0.2, 0.25) is 0 Å². The summed E-state index contributed by atoms with van der Waals surface area (Å²) in [5, 5.41) is 31.7. The Labute approximate surface area is 265 Å². The van der Waals surface area contributed by atoms with Gasteiger partial charge in [0.05, 0.1) is 25.2 Å². The van der Waals surface area contributed by atoms with Gasteiger partial charge in [-0.15, -0.1) is 0 Å². The maximum atomic E-state index is 12.8. The predicted octanol–water partition coefficient (Wildman–Crippen LogP) is -2.32. The average molecular weight is 726 g/mol. The number of anilines is 1. The highest BCUT2D eigenvalue weighted by atomic mass is 31.3. The van der Waals surface area contributed by atoms with Crippen LogP contribution in [0.3, 0.4) is 0 Å². The van der Waals surface area contributed by atoms with Crippen molar-refractivity contribution in [1.82, 2.24) is 19.5 Å². The van der Waals surface area contributed by atoms with Gasteiger partial charge in [-0.3, -0.25) is 18.5 Å². The van der Waals surface area contributed by atoms with Crippen LogP contribution in [0.1, 0.15) is 29.2 Å². The molecule has 0 spiro atoms. The third-order valence-corrected chi connectivity index (χ3v) is 10.8. The molecule has 1 amide bonds. The van der Waals surface area contributed by atoms with Gasteiger partial charge in [-0.25, -0.2) is 23.8 Å². The Balaban J connectivity index is 1.19. The zero-order chi connectivity index (χ0) is 34.3. The summed E-state index contributed by atoms with van der Waals surface area (Å²) in [5.74, 6) is -0.737. The van der Waals surface area contributed by atoms with Crippen LogP contribution in [0, 0.1) is 0 Å². The number of phosphoric ester groups is 1. The number of carbonyl (C=O) groups excluding carboxylic acids is 1. The van der Waals surface area contributed by atoms with Gasteiger partial charge in [0.25, 0.3) is 12.1 Å². The molecule has 11 N–H and O–H groups in total. The number of pyridine rings is 1. The molecule has 3 aromatic heterocycles. The molecular weight excluding hydrogens is 695 g/mol. The number of hydrogen-bond donors (Lipinski definition) is 9. The lowest BCUT2D eigenvalue weighted by Gasteiger charge is -2.21. The van der Waals surface area contributed by atoms with E-state index in [0.717, 1.165) is 6.33 Å². The second-order valence-corrected chi connectivity index (χ2v) is 14.7. The van der Waals surface area contributed by atoms with Crippen molar-refractivity contribution in [1.29, 1.82) is 0 Å². The SMILES string of the molecule is NC(=O)c1ccc[n+]([C@@H]2O[C@H](COP(=O)(O)OP(=O)(O)CC[C@H]3O[C@@H](n4cnc5c(N)ncnc54)[C@H](OP(O)O)[C@@H]3O)[C@@H](O)[C@H]2O)c1. The average Bonchev–Trinajstić information content (AvgIpc) is 3.65. The first-order valence-corrected chi connectivity index (χ1v) is 17.9. The first-order valence-electron chi connectivity index (χ1n) is 13.5. The number of primary amides is 1. The zero-order valence-electron chi connectivity index (χ0n) is 23.8. The van der Waals surface area contributed by atoms with Crippen LogP contribution >= 0.6 is 24.0 Å². The molecule has 2 unspecified atom stereocenters. The van der Waals surface area contributed by atoms with Gasteiger partial charge < -0.3 is 60.4 Å². The van der Waals surface area contributed by atoms with Crippen LogP contribution in [0.25, 0.3) is 11.2 Å². The summed E-state index contributed by atoms with van der Waals surface area (Å²) in [7, 11) is -13.3. The van der Waals surface area contributed by atoms with Crippen molar-refractivity contribution in [2.24, 2.45) is 5.73 Å². The molecule has 5 rings (SSSR count). The molecule has 47 heavy (non-hydrogen) atoms. The Morgan fingerprint density at radius 2 is 1.83 bits per heavy atom. The molecule has 0 saturated carbocycles. The maximum Gasteiger partial charge on any atom is 0.479 e. The van der Waals surface area contributed by atoms with Gasteiger partial charge in [-0.05, 0) is 12.5 Å². The number of hydrogen-bond acceptors (Lipinski definition) is 17. The highest BCUT2D eigenvalue weighted by Crippen LogP contribution is 2.60. The number of nitrogens with zero attached hydrogens (tertiary/aromatic N) is 5. The first kappa shape index (κ1) is 35.7. The predicted molar refractivity (Wildman–Crippen MR) is 153 cm³/mol. The Bertz CT molecular complexity index is 1700. The summed E-state index contributed by atoms with van der Waals surface area (Å²) in [6, 6.07) is 2.84. The van der Waals surface area contributed by atoms with E-state index in [1.807, 2.05) is 0 Å². The summed E-state index contributed by atoms with van der Waals surface area (Å²) in [4.78, 5) is 62.9. The molecule has 5 heterocycles. The fourth-order valence-electron chi connectivity index (χ4n) is 5.05. The van der Waals surface area contributed by atoms with E-state index in [0.29, 0.717) is 0 Å². The quantitative estimate of drug-likeness (QED) is 0.0659. The number of rotatable bonds is 13. The number of ether oxygens (including phenoxy) is 2. The lowest BCUT2D eigenvalue weighted by molar-refractivity contribution is -0.765. The van der Waals surface area contributed by atoms with Crippen molar-refractivity contribution in [2.45, 2.75) is 55.5 Å². The number of nitrogen functional groups attached to an aromatic ring is 1. The van der Waals surface area contributed by atoms with Crippen molar-refractivity contribution in [2.75, 3.05) is 18.5 Å². The van der Waals surface area contributed by atoms with Gasteiger partial charge in [-0.1, -0.05) is 0 Å². The van der Waals surface area contributed by atoms with Gasteiger partial charge in [0.2, 0.25) is 0 Å². The molecule has 0 bridgehead atoms. The molecule has 0 aromatic carbocycles. The van der Waals surface area contributed by atoms with Crippen LogP contribution in [0.5, 0.6) is 0 Å². The molecule has 22 nitrogen and oxygen atoms in total. The monoisotopic (exact) mass is 726 g/mol. The first-order chi connectivity index (χ1) is 22.1. The highest BCUT2D eigenvalue weighted by Gasteiger charge is 2.50. The summed E-state index contributed by atoms with van der Waals surface area (Å²) in [6.45, 7) is -0.873. The summed E-state index contributed by atoms with van der Waals surface area (Å²) >= 11 is 0. The molecule has 10 atom stereocenters. The molecule has 258 valence electrons. The smallest absolute Gasteiger partial charge is 0.387 e. The number of carbonyl (C=O) groups is 1. The Morgan fingerprint density at radius 1 is 1.09 bits per heavy atom. The molecule has 2 aliphatic heterocycles. The van der Waals surface area contributed by atoms with Crippen LogP contribution in [-0.4, -0.2) is 110 Å². The van der Waals surface area contributed by atoms with Crippen LogP contribution < -0.4 is 16.0 Å². The van der Waals surface area contributed by atoms with Gasteiger partial charge in [0.1, 0.15) is 41.8 Å². The fraction of sp³-hybridized carbons (Fsp3) is 0.500. The van der Waals surface area contributed by atoms with E-state index < -0.39 is 98.2 Å². The van der Waals surface area contributed by atoms with E-state index in [4.69, 9.17) is 30.0 Å². The third kappa shape index (κ3) is 8.00. The van der Waals surface area contributed by atoms with E-state index in [9.17, 15) is 48.8 Å². The van der Waals surface area contributed by atoms with Gasteiger partial charge >= 0.3 is 24.0 Å². The number of aliphatic hydroxyl groups excluding tert-OH is 3. The summed E-state index contributed by atoms with van der Waals surface area (Å²) in [5.41, 5.74) is 11.4. The number of phosphoric acid groups is 1. The molecule has 2 saturated heterocycles. The van der Waals surface area contributed by atoms with Crippen molar-refractivity contribution >= 4 is 46.9 Å². The molecule has 2 aliphatic rings. The minimum Gasteiger partial charge on any atom is -0.387 e. The number of imidazole rings is 1. The summed E-state index contributed by atoms with van der Waals surface area (Å²) < 4.78 is 53.5. The third-order valence-electron chi connectivity index (χ3n) is 7.26.